The summed E-state index contributed by atoms with van der Waals surface area (Å²) in [5.74, 6) is 5.04. The molecule has 0 fully saturated rings. The summed E-state index contributed by atoms with van der Waals surface area (Å²) in [6.45, 7) is 2.07. The minimum absolute atomic E-state index is 0.259. The fourth-order valence-corrected chi connectivity index (χ4v) is 1.71. The summed E-state index contributed by atoms with van der Waals surface area (Å²) >= 11 is 0. The molecule has 98 valence electrons. The van der Waals surface area contributed by atoms with Gasteiger partial charge in [-0.3, -0.25) is 15.6 Å². The topological polar surface area (TPSA) is 80.0 Å². The molecule has 0 radical (unpaired) electrons. The van der Waals surface area contributed by atoms with E-state index in [0.29, 0.717) is 11.4 Å². The Labute approximate surface area is 111 Å². The fraction of sp³-hybridized carbons (Fsp3) is 0.143. The molecule has 2 rings (SSSR count). The van der Waals surface area contributed by atoms with Crippen LogP contribution < -0.4 is 16.6 Å². The zero-order valence-corrected chi connectivity index (χ0v) is 10.7. The lowest BCUT2D eigenvalue weighted by atomic mass is 10.1. The molecule has 0 bridgehead atoms. The number of amides is 1. The first-order valence-corrected chi connectivity index (χ1v) is 6.06. The maximum absolute atomic E-state index is 12.0. The van der Waals surface area contributed by atoms with Gasteiger partial charge in [0.05, 0.1) is 5.69 Å². The van der Waals surface area contributed by atoms with Gasteiger partial charge in [0.1, 0.15) is 5.69 Å². The molecule has 0 atom stereocenters. The number of pyridine rings is 1. The normalized spacial score (nSPS) is 10.0. The van der Waals surface area contributed by atoms with Crippen LogP contribution in [0.25, 0.3) is 0 Å². The molecule has 2 aromatic rings. The third-order valence-electron chi connectivity index (χ3n) is 2.75. The number of benzene rings is 1. The summed E-state index contributed by atoms with van der Waals surface area (Å²) in [6.07, 6.45) is 2.46. The first kappa shape index (κ1) is 13.0. The van der Waals surface area contributed by atoms with Gasteiger partial charge in [0.2, 0.25) is 0 Å². The third-order valence-corrected chi connectivity index (χ3v) is 2.75. The van der Waals surface area contributed by atoms with E-state index in [2.05, 4.69) is 22.7 Å². The molecule has 0 spiro atoms. The Kier molecular flexibility index (Phi) is 4.10. The van der Waals surface area contributed by atoms with Gasteiger partial charge in [-0.1, -0.05) is 19.1 Å². The number of rotatable bonds is 4. The van der Waals surface area contributed by atoms with E-state index in [1.807, 2.05) is 24.3 Å². The molecule has 0 aliphatic carbocycles. The first-order chi connectivity index (χ1) is 9.22. The van der Waals surface area contributed by atoms with Gasteiger partial charge in [-0.25, -0.2) is 0 Å². The molecule has 5 heteroatoms. The Morgan fingerprint density at radius 2 is 2.11 bits per heavy atom. The Hall–Kier alpha value is -2.40. The number of hydrazine groups is 1. The number of nitrogens with two attached hydrogens (primary N) is 1. The van der Waals surface area contributed by atoms with Gasteiger partial charge < -0.3 is 10.7 Å². The number of carbonyl (C=O) groups is 1. The van der Waals surface area contributed by atoms with Gasteiger partial charge in [0, 0.05) is 11.9 Å². The smallest absolute Gasteiger partial charge is 0.274 e. The van der Waals surface area contributed by atoms with Gasteiger partial charge in [-0.2, -0.15) is 0 Å². The Balaban J connectivity index is 2.15. The van der Waals surface area contributed by atoms with Crippen molar-refractivity contribution in [3.8, 4) is 0 Å². The molecular formula is C14H16N4O. The monoisotopic (exact) mass is 256 g/mol. The van der Waals surface area contributed by atoms with Crippen LogP contribution in [-0.4, -0.2) is 10.9 Å². The van der Waals surface area contributed by atoms with Gasteiger partial charge >= 0.3 is 0 Å². The molecule has 1 amide bonds. The molecule has 1 aromatic carbocycles. The van der Waals surface area contributed by atoms with Crippen molar-refractivity contribution >= 4 is 17.3 Å². The molecule has 4 N–H and O–H groups in total. The maximum atomic E-state index is 12.0. The lowest BCUT2D eigenvalue weighted by Crippen LogP contribution is -2.15. The number of carbonyl (C=O) groups excluding carboxylic acids is 1. The van der Waals surface area contributed by atoms with Crippen LogP contribution in [0.15, 0.2) is 42.6 Å². The van der Waals surface area contributed by atoms with Crippen molar-refractivity contribution < 1.29 is 4.79 Å². The number of aromatic nitrogens is 1. The quantitative estimate of drug-likeness (QED) is 0.578. The van der Waals surface area contributed by atoms with E-state index in [1.165, 1.54) is 11.8 Å². The highest BCUT2D eigenvalue weighted by Gasteiger charge is 2.08. The molecular weight excluding hydrogens is 240 g/mol. The zero-order valence-electron chi connectivity index (χ0n) is 10.7. The van der Waals surface area contributed by atoms with Crippen LogP contribution in [0.5, 0.6) is 0 Å². The lowest BCUT2D eigenvalue weighted by molar-refractivity contribution is 0.102. The number of hydrogen-bond donors (Lipinski definition) is 3. The van der Waals surface area contributed by atoms with Gasteiger partial charge in [0.25, 0.3) is 5.91 Å². The van der Waals surface area contributed by atoms with E-state index in [0.717, 1.165) is 12.1 Å². The Morgan fingerprint density at radius 1 is 1.26 bits per heavy atom. The van der Waals surface area contributed by atoms with Gasteiger partial charge in [-0.05, 0) is 36.2 Å². The molecule has 0 aliphatic heterocycles. The van der Waals surface area contributed by atoms with Gasteiger partial charge in [-0.15, -0.1) is 0 Å². The average Bonchev–Trinajstić information content (AvgIpc) is 2.47. The molecule has 0 unspecified atom stereocenters. The molecule has 0 aliphatic rings. The van der Waals surface area contributed by atoms with Crippen LogP contribution in [0, 0.1) is 0 Å². The summed E-state index contributed by atoms with van der Waals surface area (Å²) in [6, 6.07) is 11.0. The van der Waals surface area contributed by atoms with E-state index in [4.69, 9.17) is 5.84 Å². The minimum atomic E-state index is -0.259. The van der Waals surface area contributed by atoms with Crippen LogP contribution in [0.2, 0.25) is 0 Å². The van der Waals surface area contributed by atoms with Crippen LogP contribution in [0.3, 0.4) is 0 Å². The highest BCUT2D eigenvalue weighted by atomic mass is 16.1. The number of nitrogens with zero attached hydrogens (tertiary/aromatic N) is 1. The number of nitrogen functional groups attached to an aromatic ring is 1. The third kappa shape index (κ3) is 3.29. The largest absolute Gasteiger partial charge is 0.324 e. The second-order valence-corrected chi connectivity index (χ2v) is 4.08. The summed E-state index contributed by atoms with van der Waals surface area (Å²) in [4.78, 5) is 16.1. The SMILES string of the molecule is CCc1cccc(NC(=O)c2cc(NN)ccn2)c1. The molecule has 1 heterocycles. The van der Waals surface area contributed by atoms with E-state index in [1.54, 1.807) is 12.1 Å². The second-order valence-electron chi connectivity index (χ2n) is 4.08. The number of aryl methyl sites for hydroxylation is 1. The van der Waals surface area contributed by atoms with Crippen molar-refractivity contribution in [2.45, 2.75) is 13.3 Å². The van der Waals surface area contributed by atoms with Crippen molar-refractivity contribution in [3.63, 3.8) is 0 Å². The highest BCUT2D eigenvalue weighted by molar-refractivity contribution is 6.03. The van der Waals surface area contributed by atoms with Crippen molar-refractivity contribution in [2.75, 3.05) is 10.7 Å². The standard InChI is InChI=1S/C14H16N4O/c1-2-10-4-3-5-11(8-10)17-14(19)13-9-12(18-15)6-7-16-13/h3-9H,2,15H2,1H3,(H,16,18)(H,17,19). The van der Waals surface area contributed by atoms with Crippen molar-refractivity contribution in [3.05, 3.63) is 53.9 Å². The summed E-state index contributed by atoms with van der Waals surface area (Å²) < 4.78 is 0. The van der Waals surface area contributed by atoms with E-state index < -0.39 is 0 Å². The lowest BCUT2D eigenvalue weighted by Gasteiger charge is -2.07. The molecule has 1 aromatic heterocycles. The van der Waals surface area contributed by atoms with E-state index in [-0.39, 0.29) is 5.91 Å². The van der Waals surface area contributed by atoms with Crippen molar-refractivity contribution in [2.24, 2.45) is 5.84 Å². The summed E-state index contributed by atoms with van der Waals surface area (Å²) in [5, 5.41) is 2.81. The zero-order chi connectivity index (χ0) is 13.7. The summed E-state index contributed by atoms with van der Waals surface area (Å²) in [5.41, 5.74) is 5.37. The van der Waals surface area contributed by atoms with Gasteiger partial charge in [0.15, 0.2) is 0 Å². The van der Waals surface area contributed by atoms with Crippen molar-refractivity contribution in [1.29, 1.82) is 0 Å². The van der Waals surface area contributed by atoms with Crippen molar-refractivity contribution in [1.82, 2.24) is 4.98 Å². The predicted molar refractivity (Wildman–Crippen MR) is 75.8 cm³/mol. The number of nitrogens with one attached hydrogen (secondary N) is 2. The van der Waals surface area contributed by atoms with Crippen LogP contribution in [0.1, 0.15) is 23.0 Å². The molecule has 0 saturated heterocycles. The Morgan fingerprint density at radius 3 is 2.84 bits per heavy atom. The molecule has 5 nitrogen and oxygen atoms in total. The predicted octanol–water partition coefficient (Wildman–Crippen LogP) is 2.18. The van der Waals surface area contributed by atoms with E-state index in [9.17, 15) is 4.79 Å². The van der Waals surface area contributed by atoms with E-state index >= 15 is 0 Å². The maximum Gasteiger partial charge on any atom is 0.274 e. The first-order valence-electron chi connectivity index (χ1n) is 6.06. The molecule has 0 saturated carbocycles. The molecule has 19 heavy (non-hydrogen) atoms. The highest BCUT2D eigenvalue weighted by Crippen LogP contribution is 2.13. The Bertz CT molecular complexity index is 583. The van der Waals surface area contributed by atoms with Crippen LogP contribution >= 0.6 is 0 Å². The summed E-state index contributed by atoms with van der Waals surface area (Å²) in [7, 11) is 0. The average molecular weight is 256 g/mol. The number of hydrogen-bond acceptors (Lipinski definition) is 4. The second kappa shape index (κ2) is 5.97. The van der Waals surface area contributed by atoms with Crippen LogP contribution in [-0.2, 0) is 6.42 Å². The number of anilines is 2. The van der Waals surface area contributed by atoms with Crippen LogP contribution in [0.4, 0.5) is 11.4 Å². The fourth-order valence-electron chi connectivity index (χ4n) is 1.71. The minimum Gasteiger partial charge on any atom is -0.324 e.